The van der Waals surface area contributed by atoms with Crippen LogP contribution in [0, 0.1) is 0 Å². The number of hydrogen-bond acceptors (Lipinski definition) is 3. The zero-order valence-electron chi connectivity index (χ0n) is 17.8. The van der Waals surface area contributed by atoms with Gasteiger partial charge >= 0.3 is 5.97 Å². The SMILES string of the molecule is C=CC(=O)OCCCCCCCCCCCCCCCCCCN(C)C. The van der Waals surface area contributed by atoms with Gasteiger partial charge in [-0.05, 0) is 33.5 Å². The van der Waals surface area contributed by atoms with Crippen molar-refractivity contribution >= 4 is 5.97 Å². The number of carbonyl (C=O) groups excluding carboxylic acids is 1. The molecular weight excluding hydrogens is 322 g/mol. The average Bonchev–Trinajstić information content (AvgIpc) is 2.63. The van der Waals surface area contributed by atoms with Crippen LogP contribution in [0.5, 0.6) is 0 Å². The smallest absolute Gasteiger partial charge is 0.330 e. The van der Waals surface area contributed by atoms with E-state index < -0.39 is 0 Å². The van der Waals surface area contributed by atoms with Crippen molar-refractivity contribution in [1.29, 1.82) is 0 Å². The minimum Gasteiger partial charge on any atom is -0.463 e. The number of nitrogens with zero attached hydrogens (tertiary/aromatic N) is 1. The van der Waals surface area contributed by atoms with Crippen LogP contribution < -0.4 is 0 Å². The van der Waals surface area contributed by atoms with Crippen LogP contribution in [0.2, 0.25) is 0 Å². The van der Waals surface area contributed by atoms with Crippen molar-refractivity contribution in [2.75, 3.05) is 27.2 Å². The molecule has 0 spiro atoms. The van der Waals surface area contributed by atoms with Gasteiger partial charge in [0.1, 0.15) is 0 Å². The Hall–Kier alpha value is -0.830. The summed E-state index contributed by atoms with van der Waals surface area (Å²) in [4.78, 5) is 13.1. The molecule has 0 aromatic heterocycles. The number of hydrogen-bond donors (Lipinski definition) is 0. The highest BCUT2D eigenvalue weighted by atomic mass is 16.5. The molecule has 0 bridgehead atoms. The summed E-state index contributed by atoms with van der Waals surface area (Å²) in [5.41, 5.74) is 0. The normalized spacial score (nSPS) is 11.0. The van der Waals surface area contributed by atoms with Crippen LogP contribution in [0.15, 0.2) is 12.7 Å². The van der Waals surface area contributed by atoms with Gasteiger partial charge in [-0.1, -0.05) is 96.5 Å². The Balaban J connectivity index is 3.03. The van der Waals surface area contributed by atoms with E-state index in [1.54, 1.807) is 0 Å². The summed E-state index contributed by atoms with van der Waals surface area (Å²) < 4.78 is 4.97. The molecule has 3 heteroatoms. The molecule has 0 aromatic carbocycles. The van der Waals surface area contributed by atoms with E-state index in [-0.39, 0.29) is 5.97 Å². The van der Waals surface area contributed by atoms with Gasteiger partial charge in [-0.3, -0.25) is 0 Å². The third-order valence-electron chi connectivity index (χ3n) is 4.91. The van der Waals surface area contributed by atoms with E-state index in [1.807, 2.05) is 0 Å². The van der Waals surface area contributed by atoms with Gasteiger partial charge < -0.3 is 9.64 Å². The Morgan fingerprint density at radius 1 is 0.692 bits per heavy atom. The quantitative estimate of drug-likeness (QED) is 0.139. The number of rotatable bonds is 20. The molecule has 0 saturated carbocycles. The van der Waals surface area contributed by atoms with Crippen LogP contribution in [0.4, 0.5) is 0 Å². The number of carbonyl (C=O) groups is 1. The Morgan fingerprint density at radius 2 is 1.04 bits per heavy atom. The van der Waals surface area contributed by atoms with E-state index in [4.69, 9.17) is 4.74 Å². The zero-order valence-corrected chi connectivity index (χ0v) is 17.8. The molecule has 0 radical (unpaired) electrons. The lowest BCUT2D eigenvalue weighted by Crippen LogP contribution is -2.12. The molecule has 0 atom stereocenters. The molecule has 154 valence electrons. The first-order chi connectivity index (χ1) is 12.7. The second-order valence-electron chi connectivity index (χ2n) is 7.83. The maximum absolute atomic E-state index is 10.9. The molecule has 0 aliphatic carbocycles. The van der Waals surface area contributed by atoms with Crippen molar-refractivity contribution in [1.82, 2.24) is 4.90 Å². The molecule has 0 aromatic rings. The molecule has 3 nitrogen and oxygen atoms in total. The first-order valence-corrected chi connectivity index (χ1v) is 11.1. The van der Waals surface area contributed by atoms with E-state index in [2.05, 4.69) is 25.6 Å². The van der Waals surface area contributed by atoms with Crippen LogP contribution in [0.25, 0.3) is 0 Å². The summed E-state index contributed by atoms with van der Waals surface area (Å²) in [6, 6.07) is 0. The second kappa shape index (κ2) is 20.5. The van der Waals surface area contributed by atoms with Gasteiger partial charge in [0.25, 0.3) is 0 Å². The van der Waals surface area contributed by atoms with E-state index in [1.165, 1.54) is 109 Å². The van der Waals surface area contributed by atoms with Gasteiger partial charge in [0.15, 0.2) is 0 Å². The van der Waals surface area contributed by atoms with E-state index in [9.17, 15) is 4.79 Å². The largest absolute Gasteiger partial charge is 0.463 e. The van der Waals surface area contributed by atoms with Crippen molar-refractivity contribution < 1.29 is 9.53 Å². The minimum absolute atomic E-state index is 0.301. The fraction of sp³-hybridized carbons (Fsp3) is 0.870. The second-order valence-corrected chi connectivity index (χ2v) is 7.83. The summed E-state index contributed by atoms with van der Waals surface area (Å²) in [7, 11) is 4.32. The van der Waals surface area contributed by atoms with Crippen molar-refractivity contribution in [2.45, 2.75) is 103 Å². The van der Waals surface area contributed by atoms with Crippen LogP contribution in [-0.2, 0) is 9.53 Å². The molecule has 0 N–H and O–H groups in total. The molecule has 0 heterocycles. The lowest BCUT2D eigenvalue weighted by molar-refractivity contribution is -0.137. The summed E-state index contributed by atoms with van der Waals surface area (Å²) in [5, 5.41) is 0. The summed E-state index contributed by atoms with van der Waals surface area (Å²) in [5.74, 6) is -0.301. The number of unbranched alkanes of at least 4 members (excludes halogenated alkanes) is 15. The molecule has 0 amide bonds. The fourth-order valence-electron chi connectivity index (χ4n) is 3.24. The minimum atomic E-state index is -0.301. The molecule has 0 aliphatic heterocycles. The van der Waals surface area contributed by atoms with Crippen LogP contribution in [0.3, 0.4) is 0 Å². The zero-order chi connectivity index (χ0) is 19.3. The third kappa shape index (κ3) is 21.2. The van der Waals surface area contributed by atoms with Crippen LogP contribution >= 0.6 is 0 Å². The Bertz CT molecular complexity index is 315. The summed E-state index contributed by atoms with van der Waals surface area (Å²) in [6.45, 7) is 5.17. The first-order valence-electron chi connectivity index (χ1n) is 11.1. The molecule has 0 unspecified atom stereocenters. The van der Waals surface area contributed by atoms with Gasteiger partial charge in [-0.2, -0.15) is 0 Å². The number of esters is 1. The average molecular weight is 368 g/mol. The Labute approximate surface area is 163 Å². The Kier molecular flexibility index (Phi) is 19.8. The standard InChI is InChI=1S/C23H45NO2/c1-4-23(25)26-22-20-18-16-14-12-10-8-6-5-7-9-11-13-15-17-19-21-24(2)3/h4H,1,5-22H2,2-3H3. The molecule has 0 saturated heterocycles. The molecular formula is C23H45NO2. The summed E-state index contributed by atoms with van der Waals surface area (Å²) >= 11 is 0. The maximum atomic E-state index is 10.9. The van der Waals surface area contributed by atoms with E-state index >= 15 is 0 Å². The van der Waals surface area contributed by atoms with Gasteiger partial charge in [0, 0.05) is 6.08 Å². The number of ether oxygens (including phenoxy) is 1. The lowest BCUT2D eigenvalue weighted by atomic mass is 10.0. The van der Waals surface area contributed by atoms with Crippen molar-refractivity contribution in [3.8, 4) is 0 Å². The third-order valence-corrected chi connectivity index (χ3v) is 4.91. The highest BCUT2D eigenvalue weighted by molar-refractivity contribution is 5.81. The first kappa shape index (κ1) is 25.2. The monoisotopic (exact) mass is 367 g/mol. The van der Waals surface area contributed by atoms with Crippen molar-refractivity contribution in [3.63, 3.8) is 0 Å². The van der Waals surface area contributed by atoms with Gasteiger partial charge in [0.2, 0.25) is 0 Å². The summed E-state index contributed by atoms with van der Waals surface area (Å²) in [6.07, 6.45) is 22.9. The predicted molar refractivity (Wildman–Crippen MR) is 114 cm³/mol. The van der Waals surface area contributed by atoms with Gasteiger partial charge in [-0.15, -0.1) is 0 Å². The topological polar surface area (TPSA) is 29.5 Å². The van der Waals surface area contributed by atoms with Crippen LogP contribution in [0.1, 0.15) is 103 Å². The Morgan fingerprint density at radius 3 is 1.38 bits per heavy atom. The van der Waals surface area contributed by atoms with Crippen molar-refractivity contribution in [3.05, 3.63) is 12.7 Å². The highest BCUT2D eigenvalue weighted by Gasteiger charge is 1.97. The highest BCUT2D eigenvalue weighted by Crippen LogP contribution is 2.13. The van der Waals surface area contributed by atoms with E-state index in [0.29, 0.717) is 6.61 Å². The lowest BCUT2D eigenvalue weighted by Gasteiger charge is -2.08. The van der Waals surface area contributed by atoms with Gasteiger partial charge in [-0.25, -0.2) is 4.79 Å². The van der Waals surface area contributed by atoms with E-state index in [0.717, 1.165) is 6.42 Å². The predicted octanol–water partition coefficient (Wildman–Crippen LogP) is 6.52. The molecule has 0 fully saturated rings. The van der Waals surface area contributed by atoms with Crippen molar-refractivity contribution in [2.24, 2.45) is 0 Å². The fourth-order valence-corrected chi connectivity index (χ4v) is 3.24. The van der Waals surface area contributed by atoms with Gasteiger partial charge in [0.05, 0.1) is 6.61 Å². The van der Waals surface area contributed by atoms with Crippen LogP contribution in [-0.4, -0.2) is 38.1 Å². The molecule has 26 heavy (non-hydrogen) atoms. The molecule has 0 aliphatic rings. The maximum Gasteiger partial charge on any atom is 0.330 e. The molecule has 0 rings (SSSR count).